The maximum Gasteiger partial charge on any atom is 0.268 e. The molecule has 0 bridgehead atoms. The Balaban J connectivity index is 1.46. The van der Waals surface area contributed by atoms with Crippen molar-refractivity contribution >= 4 is 32.7 Å². The Hall–Kier alpha value is -3.91. The molecule has 0 saturated carbocycles. The van der Waals surface area contributed by atoms with Gasteiger partial charge in [-0.15, -0.1) is 0 Å². The van der Waals surface area contributed by atoms with E-state index in [1.807, 2.05) is 41.3 Å². The van der Waals surface area contributed by atoms with E-state index in [4.69, 9.17) is 0 Å². The molecule has 2 amide bonds. The third kappa shape index (κ3) is 3.92. The molecule has 1 unspecified atom stereocenters. The lowest BCUT2D eigenvalue weighted by Gasteiger charge is -2.26. The first-order chi connectivity index (χ1) is 18.0. The summed E-state index contributed by atoms with van der Waals surface area (Å²) in [4.78, 5) is 30.2. The number of rotatable bonds is 6. The third-order valence-corrected chi connectivity index (χ3v) is 9.07. The quantitative estimate of drug-likeness (QED) is 0.382. The van der Waals surface area contributed by atoms with Gasteiger partial charge >= 0.3 is 0 Å². The van der Waals surface area contributed by atoms with Gasteiger partial charge in [0.1, 0.15) is 0 Å². The van der Waals surface area contributed by atoms with E-state index in [9.17, 15) is 18.0 Å². The van der Waals surface area contributed by atoms with Crippen LogP contribution in [0.4, 0.5) is 0 Å². The fourth-order valence-electron chi connectivity index (χ4n) is 5.57. The van der Waals surface area contributed by atoms with Gasteiger partial charge in [-0.05, 0) is 42.7 Å². The summed E-state index contributed by atoms with van der Waals surface area (Å²) in [5.41, 5.74) is 2.68. The molecule has 2 aliphatic rings. The Kier molecular flexibility index (Phi) is 5.83. The lowest BCUT2D eigenvalue weighted by Crippen LogP contribution is -2.35. The van der Waals surface area contributed by atoms with Crippen LogP contribution in [0.15, 0.2) is 90.0 Å². The second kappa shape index (κ2) is 9.19. The van der Waals surface area contributed by atoms with Gasteiger partial charge in [0.05, 0.1) is 16.5 Å². The number of carbonyl (C=O) groups is 2. The summed E-state index contributed by atoms with van der Waals surface area (Å²) in [5.74, 6) is -0.0911. The van der Waals surface area contributed by atoms with Crippen molar-refractivity contribution in [3.05, 3.63) is 102 Å². The predicted octanol–water partition coefficient (Wildman–Crippen LogP) is 4.44. The van der Waals surface area contributed by atoms with Gasteiger partial charge in [-0.25, -0.2) is 12.4 Å². The lowest BCUT2D eigenvalue weighted by molar-refractivity contribution is -0.130. The number of benzene rings is 3. The molecule has 3 heterocycles. The molecule has 8 heteroatoms. The molecule has 6 rings (SSSR count). The smallest absolute Gasteiger partial charge is 0.268 e. The van der Waals surface area contributed by atoms with E-state index in [1.54, 1.807) is 53.6 Å². The fraction of sp³-hybridized carbons (Fsp3) is 0.241. The van der Waals surface area contributed by atoms with Crippen molar-refractivity contribution in [2.45, 2.75) is 30.2 Å². The minimum absolute atomic E-state index is 0.0501. The van der Waals surface area contributed by atoms with E-state index in [0.717, 1.165) is 42.4 Å². The molecule has 1 aromatic heterocycles. The number of amides is 2. The minimum Gasteiger partial charge on any atom is -0.343 e. The first kappa shape index (κ1) is 23.5. The van der Waals surface area contributed by atoms with Crippen LogP contribution < -0.4 is 0 Å². The van der Waals surface area contributed by atoms with Crippen molar-refractivity contribution in [2.24, 2.45) is 0 Å². The molecule has 0 radical (unpaired) electrons. The summed E-state index contributed by atoms with van der Waals surface area (Å²) in [6.45, 7) is 1.79. The van der Waals surface area contributed by atoms with Crippen LogP contribution in [0.3, 0.4) is 0 Å². The zero-order chi connectivity index (χ0) is 25.6. The van der Waals surface area contributed by atoms with Gasteiger partial charge in [0.2, 0.25) is 5.91 Å². The van der Waals surface area contributed by atoms with Gasteiger partial charge < -0.3 is 9.80 Å². The maximum atomic E-state index is 13.7. The highest BCUT2D eigenvalue weighted by Crippen LogP contribution is 2.42. The van der Waals surface area contributed by atoms with Crippen LogP contribution in [-0.4, -0.2) is 53.6 Å². The van der Waals surface area contributed by atoms with Crippen molar-refractivity contribution in [3.8, 4) is 0 Å². The average Bonchev–Trinajstić information content (AvgIpc) is 3.66. The monoisotopic (exact) mass is 513 g/mol. The average molecular weight is 514 g/mol. The molecule has 3 aromatic carbocycles. The summed E-state index contributed by atoms with van der Waals surface area (Å²) >= 11 is 0. The van der Waals surface area contributed by atoms with Gasteiger partial charge in [-0.3, -0.25) is 9.59 Å². The van der Waals surface area contributed by atoms with Crippen LogP contribution in [0, 0.1) is 0 Å². The first-order valence-corrected chi connectivity index (χ1v) is 14.0. The second-order valence-electron chi connectivity index (χ2n) is 9.54. The summed E-state index contributed by atoms with van der Waals surface area (Å²) < 4.78 is 28.6. The van der Waals surface area contributed by atoms with Crippen LogP contribution in [0.2, 0.25) is 0 Å². The highest BCUT2D eigenvalue weighted by molar-refractivity contribution is 7.90. The minimum atomic E-state index is -3.87. The number of nitrogens with zero attached hydrogens (tertiary/aromatic N) is 3. The summed E-state index contributed by atoms with van der Waals surface area (Å²) in [5, 5.41) is 0.757. The van der Waals surface area contributed by atoms with Crippen LogP contribution in [-0.2, 0) is 14.8 Å². The second-order valence-corrected chi connectivity index (χ2v) is 11.4. The molecular weight excluding hydrogens is 486 g/mol. The molecule has 0 spiro atoms. The molecule has 1 fully saturated rings. The zero-order valence-electron chi connectivity index (χ0n) is 20.3. The Morgan fingerprint density at radius 3 is 2.30 bits per heavy atom. The van der Waals surface area contributed by atoms with Gasteiger partial charge in [0.15, 0.2) is 0 Å². The topological polar surface area (TPSA) is 79.7 Å². The summed E-state index contributed by atoms with van der Waals surface area (Å²) in [6.07, 6.45) is 3.90. The summed E-state index contributed by atoms with van der Waals surface area (Å²) in [6, 6.07) is 22.6. The van der Waals surface area contributed by atoms with E-state index in [2.05, 4.69) is 0 Å². The molecule has 2 aliphatic heterocycles. The van der Waals surface area contributed by atoms with E-state index >= 15 is 0 Å². The molecule has 0 N–H and O–H groups in total. The molecule has 188 valence electrons. The van der Waals surface area contributed by atoms with Crippen LogP contribution in [0.25, 0.3) is 10.9 Å². The van der Waals surface area contributed by atoms with Crippen LogP contribution in [0.5, 0.6) is 0 Å². The third-order valence-electron chi connectivity index (χ3n) is 7.39. The van der Waals surface area contributed by atoms with Gasteiger partial charge in [0.25, 0.3) is 15.9 Å². The summed E-state index contributed by atoms with van der Waals surface area (Å²) in [7, 11) is -3.87. The van der Waals surface area contributed by atoms with Crippen molar-refractivity contribution < 1.29 is 18.0 Å². The first-order valence-electron chi connectivity index (χ1n) is 12.5. The Bertz CT molecular complexity index is 1600. The molecule has 4 aromatic rings. The Morgan fingerprint density at radius 1 is 0.838 bits per heavy atom. The number of hydrogen-bond donors (Lipinski definition) is 0. The maximum absolute atomic E-state index is 13.7. The van der Waals surface area contributed by atoms with Crippen molar-refractivity contribution in [3.63, 3.8) is 0 Å². The SMILES string of the molecule is O=C(CCN1C(=O)c2ccccc2C1c1cn(S(=O)(=O)c2ccccc2)c2ccccc12)N1CCCC1. The van der Waals surface area contributed by atoms with E-state index in [0.29, 0.717) is 11.1 Å². The number of carbonyl (C=O) groups excluding carboxylic acids is 2. The molecular formula is C29H27N3O4S. The lowest BCUT2D eigenvalue weighted by atomic mass is 9.97. The zero-order valence-corrected chi connectivity index (χ0v) is 21.1. The number of fused-ring (bicyclic) bond motifs is 2. The predicted molar refractivity (Wildman–Crippen MR) is 141 cm³/mol. The van der Waals surface area contributed by atoms with Crippen molar-refractivity contribution in [2.75, 3.05) is 19.6 Å². The van der Waals surface area contributed by atoms with Gasteiger partial charge in [-0.2, -0.15) is 0 Å². The molecule has 1 saturated heterocycles. The van der Waals surface area contributed by atoms with E-state index in [1.165, 1.54) is 3.97 Å². The van der Waals surface area contributed by atoms with Crippen molar-refractivity contribution in [1.82, 2.24) is 13.8 Å². The van der Waals surface area contributed by atoms with Crippen LogP contribution in [0.1, 0.15) is 46.8 Å². The highest BCUT2D eigenvalue weighted by Gasteiger charge is 2.39. The van der Waals surface area contributed by atoms with Crippen LogP contribution >= 0.6 is 0 Å². The largest absolute Gasteiger partial charge is 0.343 e. The molecule has 1 atom stereocenters. The highest BCUT2D eigenvalue weighted by atomic mass is 32.2. The van der Waals surface area contributed by atoms with Crippen molar-refractivity contribution in [1.29, 1.82) is 0 Å². The standard InChI is InChI=1S/C29H27N3O4S/c33-27(30-17-8-9-18-30)16-19-31-28(23-13-4-5-14-24(23)29(31)34)25-20-32(26-15-7-6-12-22(25)26)37(35,36)21-10-2-1-3-11-21/h1-7,10-15,20,28H,8-9,16-19H2. The van der Waals surface area contributed by atoms with E-state index in [-0.39, 0.29) is 29.7 Å². The Labute approximate surface area is 216 Å². The van der Waals surface area contributed by atoms with Gasteiger partial charge in [-0.1, -0.05) is 54.6 Å². The van der Waals surface area contributed by atoms with E-state index < -0.39 is 16.1 Å². The Morgan fingerprint density at radius 2 is 1.51 bits per heavy atom. The number of likely N-dealkylation sites (tertiary alicyclic amines) is 1. The van der Waals surface area contributed by atoms with Gasteiger partial charge in [0, 0.05) is 48.8 Å². The number of hydrogen-bond acceptors (Lipinski definition) is 4. The molecule has 0 aliphatic carbocycles. The molecule has 7 nitrogen and oxygen atoms in total. The number of para-hydroxylation sites is 1. The normalized spacial score (nSPS) is 17.5. The fourth-order valence-corrected chi connectivity index (χ4v) is 6.97. The number of aromatic nitrogens is 1. The molecule has 37 heavy (non-hydrogen) atoms.